The second kappa shape index (κ2) is 10.1. The zero-order valence-electron chi connectivity index (χ0n) is 22.2. The number of hydrogen-bond donors (Lipinski definition) is 1. The van der Waals surface area contributed by atoms with Crippen molar-refractivity contribution in [2.24, 2.45) is 0 Å². The number of carbonyl (C=O) groups excluding carboxylic acids is 2. The molecule has 0 saturated carbocycles. The minimum Gasteiger partial charge on any atom is -0.436 e. The molecular weight excluding hydrogens is 500 g/mol. The number of ether oxygens (including phenoxy) is 2. The Labute approximate surface area is 228 Å². The number of nitrogens with one attached hydrogen (secondary N) is 1. The van der Waals surface area contributed by atoms with Gasteiger partial charge < -0.3 is 14.8 Å². The van der Waals surface area contributed by atoms with E-state index in [1.54, 1.807) is 19.1 Å². The van der Waals surface area contributed by atoms with Gasteiger partial charge in [-0.3, -0.25) is 9.69 Å². The molecule has 1 N–H and O–H groups in total. The summed E-state index contributed by atoms with van der Waals surface area (Å²) >= 11 is 6.00. The number of likely N-dealkylation sites (tertiary alicyclic amines) is 1. The Kier molecular flexibility index (Phi) is 6.97. The molecule has 2 atom stereocenters. The average molecular weight is 533 g/mol. The molecule has 0 bridgehead atoms. The summed E-state index contributed by atoms with van der Waals surface area (Å²) in [5.41, 5.74) is 3.35. The van der Waals surface area contributed by atoms with Crippen molar-refractivity contribution in [3.63, 3.8) is 0 Å². The van der Waals surface area contributed by atoms with Gasteiger partial charge in [0.05, 0.1) is 18.2 Å². The second-order valence-corrected chi connectivity index (χ2v) is 11.6. The zero-order valence-corrected chi connectivity index (χ0v) is 22.9. The smallest absolute Gasteiger partial charge is 0.411 e. The molecule has 3 aromatic carbocycles. The van der Waals surface area contributed by atoms with E-state index in [0.717, 1.165) is 27.8 Å². The summed E-state index contributed by atoms with van der Waals surface area (Å²) in [4.78, 5) is 29.0. The van der Waals surface area contributed by atoms with Gasteiger partial charge in [-0.25, -0.2) is 4.79 Å². The molecule has 198 valence electrons. The van der Waals surface area contributed by atoms with E-state index in [1.165, 1.54) is 4.90 Å². The van der Waals surface area contributed by atoms with Gasteiger partial charge in [-0.05, 0) is 56.5 Å². The van der Waals surface area contributed by atoms with Gasteiger partial charge in [0.15, 0.2) is 6.10 Å². The standard InChI is InChI=1S/C31H33ClN2O4/c1-30(2,3)38-22-17-31(4,28(35)33-18-20-13-15-21(32)16-14-20)34(19-22)29(36)37-27-25-11-7-5-9-23(25)24-10-6-8-12-26(24)27/h5-16,22,27H,17-19H2,1-4H3,(H,33,35)/t22-,31+/m1/s1. The molecule has 2 aliphatic rings. The van der Waals surface area contributed by atoms with Gasteiger partial charge in [0.2, 0.25) is 5.91 Å². The maximum atomic E-state index is 13.8. The largest absolute Gasteiger partial charge is 0.436 e. The van der Waals surface area contributed by atoms with Gasteiger partial charge in [0.25, 0.3) is 0 Å². The fourth-order valence-electron chi connectivity index (χ4n) is 5.47. The van der Waals surface area contributed by atoms with Gasteiger partial charge in [0.1, 0.15) is 5.54 Å². The van der Waals surface area contributed by atoms with Crippen molar-refractivity contribution in [1.82, 2.24) is 10.2 Å². The molecule has 0 aromatic heterocycles. The van der Waals surface area contributed by atoms with Crippen LogP contribution < -0.4 is 5.32 Å². The van der Waals surface area contributed by atoms with Crippen molar-refractivity contribution in [3.8, 4) is 11.1 Å². The van der Waals surface area contributed by atoms with E-state index in [-0.39, 0.29) is 18.6 Å². The van der Waals surface area contributed by atoms with Crippen LogP contribution in [0.25, 0.3) is 11.1 Å². The van der Waals surface area contributed by atoms with Gasteiger partial charge in [-0.15, -0.1) is 0 Å². The SMILES string of the molecule is CC(C)(C)O[C@H]1CN(C(=O)OC2c3ccccc3-c3ccccc32)[C@](C)(C(=O)NCc2ccc(Cl)cc2)C1. The maximum absolute atomic E-state index is 13.8. The predicted molar refractivity (Wildman–Crippen MR) is 148 cm³/mol. The van der Waals surface area contributed by atoms with Crippen LogP contribution >= 0.6 is 11.6 Å². The number of amides is 2. The van der Waals surface area contributed by atoms with Crippen molar-refractivity contribution in [2.75, 3.05) is 6.54 Å². The molecule has 0 unspecified atom stereocenters. The third-order valence-corrected chi connectivity index (χ3v) is 7.45. The highest BCUT2D eigenvalue weighted by Gasteiger charge is 2.52. The van der Waals surface area contributed by atoms with Gasteiger partial charge in [0, 0.05) is 29.1 Å². The van der Waals surface area contributed by atoms with E-state index in [9.17, 15) is 9.59 Å². The molecule has 2 amide bonds. The number of halogens is 1. The van der Waals surface area contributed by atoms with Gasteiger partial charge >= 0.3 is 6.09 Å². The van der Waals surface area contributed by atoms with Crippen LogP contribution in [0.4, 0.5) is 4.79 Å². The Morgan fingerprint density at radius 3 is 2.13 bits per heavy atom. The fourth-order valence-corrected chi connectivity index (χ4v) is 5.60. The van der Waals surface area contributed by atoms with Crippen molar-refractivity contribution in [1.29, 1.82) is 0 Å². The first kappa shape index (κ1) is 26.3. The number of nitrogens with zero attached hydrogens (tertiary/aromatic N) is 1. The minimum absolute atomic E-state index is 0.253. The highest BCUT2D eigenvalue weighted by molar-refractivity contribution is 6.30. The fraction of sp³-hybridized carbons (Fsp3) is 0.355. The summed E-state index contributed by atoms with van der Waals surface area (Å²) in [7, 11) is 0. The third-order valence-electron chi connectivity index (χ3n) is 7.20. The normalized spacial score (nSPS) is 20.7. The molecule has 5 rings (SSSR count). The van der Waals surface area contributed by atoms with Crippen molar-refractivity contribution in [3.05, 3.63) is 94.5 Å². The summed E-state index contributed by atoms with van der Waals surface area (Å²) in [6.07, 6.45) is -1.02. The average Bonchev–Trinajstić information content (AvgIpc) is 3.38. The Balaban J connectivity index is 1.39. The molecule has 38 heavy (non-hydrogen) atoms. The quantitative estimate of drug-likeness (QED) is 0.406. The molecule has 1 aliphatic heterocycles. The molecule has 1 heterocycles. The van der Waals surface area contributed by atoms with Crippen molar-refractivity contribution >= 4 is 23.6 Å². The van der Waals surface area contributed by atoms with E-state index in [2.05, 4.69) is 5.32 Å². The molecule has 0 radical (unpaired) electrons. The highest BCUT2D eigenvalue weighted by atomic mass is 35.5. The first-order chi connectivity index (χ1) is 18.0. The van der Waals surface area contributed by atoms with Crippen molar-refractivity contribution < 1.29 is 19.1 Å². The number of rotatable bonds is 5. The lowest BCUT2D eigenvalue weighted by Gasteiger charge is -2.33. The molecule has 1 aliphatic carbocycles. The summed E-state index contributed by atoms with van der Waals surface area (Å²) < 4.78 is 12.4. The summed E-state index contributed by atoms with van der Waals surface area (Å²) in [6.45, 7) is 8.28. The Hall–Kier alpha value is -3.35. The van der Waals surface area contributed by atoms with Crippen LogP contribution in [-0.4, -0.2) is 40.7 Å². The zero-order chi connectivity index (χ0) is 27.1. The molecule has 1 saturated heterocycles. The Morgan fingerprint density at radius 2 is 1.55 bits per heavy atom. The first-order valence-corrected chi connectivity index (χ1v) is 13.3. The molecule has 3 aromatic rings. The molecule has 6 nitrogen and oxygen atoms in total. The van der Waals surface area contributed by atoms with Crippen LogP contribution in [0.5, 0.6) is 0 Å². The molecule has 7 heteroatoms. The topological polar surface area (TPSA) is 67.9 Å². The van der Waals surface area contributed by atoms with E-state index in [0.29, 0.717) is 18.0 Å². The molecular formula is C31H33ClN2O4. The van der Waals surface area contributed by atoms with Crippen LogP contribution in [0.15, 0.2) is 72.8 Å². The van der Waals surface area contributed by atoms with E-state index in [1.807, 2.05) is 81.4 Å². The lowest BCUT2D eigenvalue weighted by atomic mass is 9.96. The third kappa shape index (κ3) is 5.16. The van der Waals surface area contributed by atoms with Crippen molar-refractivity contribution in [2.45, 2.75) is 64.0 Å². The van der Waals surface area contributed by atoms with Crippen LogP contribution in [0, 0.1) is 0 Å². The lowest BCUT2D eigenvalue weighted by molar-refractivity contribution is -0.131. The first-order valence-electron chi connectivity index (χ1n) is 12.9. The predicted octanol–water partition coefficient (Wildman–Crippen LogP) is 6.51. The van der Waals surface area contributed by atoms with Crippen LogP contribution in [0.1, 0.15) is 56.9 Å². The van der Waals surface area contributed by atoms with E-state index >= 15 is 0 Å². The number of carbonyl (C=O) groups is 2. The van der Waals surface area contributed by atoms with Crippen LogP contribution in [0.3, 0.4) is 0 Å². The summed E-state index contributed by atoms with van der Waals surface area (Å²) in [5.74, 6) is -0.253. The second-order valence-electron chi connectivity index (χ2n) is 11.2. The number of fused-ring (bicyclic) bond motifs is 3. The van der Waals surface area contributed by atoms with Gasteiger partial charge in [-0.1, -0.05) is 72.3 Å². The van der Waals surface area contributed by atoms with Crippen LogP contribution in [-0.2, 0) is 20.8 Å². The summed E-state index contributed by atoms with van der Waals surface area (Å²) in [6, 6.07) is 23.2. The highest BCUT2D eigenvalue weighted by Crippen LogP contribution is 2.46. The summed E-state index contributed by atoms with van der Waals surface area (Å²) in [5, 5.41) is 3.64. The van der Waals surface area contributed by atoms with E-state index < -0.39 is 23.3 Å². The number of hydrogen-bond acceptors (Lipinski definition) is 4. The van der Waals surface area contributed by atoms with Gasteiger partial charge in [-0.2, -0.15) is 0 Å². The minimum atomic E-state index is -1.14. The van der Waals surface area contributed by atoms with Crippen LogP contribution in [0.2, 0.25) is 5.02 Å². The maximum Gasteiger partial charge on any atom is 0.411 e. The lowest BCUT2D eigenvalue weighted by Crippen LogP contribution is -2.55. The monoisotopic (exact) mass is 532 g/mol. The molecule has 0 spiro atoms. The Morgan fingerprint density at radius 1 is 0.974 bits per heavy atom. The molecule has 1 fully saturated rings. The van der Waals surface area contributed by atoms with E-state index in [4.69, 9.17) is 21.1 Å². The Bertz CT molecular complexity index is 1300. The number of benzene rings is 3.